The largest absolute Gasteiger partial charge is 0.369 e. The van der Waals surface area contributed by atoms with Crippen molar-refractivity contribution >= 4 is 17.7 Å². The number of rotatable bonds is 5. The van der Waals surface area contributed by atoms with Crippen LogP contribution in [-0.4, -0.2) is 45.4 Å². The quantitative estimate of drug-likeness (QED) is 0.863. The number of piperidine rings is 1. The minimum atomic E-state index is -0.271. The molecule has 23 heavy (non-hydrogen) atoms. The van der Waals surface area contributed by atoms with Gasteiger partial charge in [-0.3, -0.25) is 9.69 Å². The van der Waals surface area contributed by atoms with E-state index < -0.39 is 0 Å². The summed E-state index contributed by atoms with van der Waals surface area (Å²) in [5, 5.41) is 3.11. The van der Waals surface area contributed by atoms with Gasteiger partial charge in [0.2, 0.25) is 11.9 Å². The topological polar surface area (TPSA) is 97.0 Å². The Morgan fingerprint density at radius 2 is 2.04 bits per heavy atom. The number of nitrogens with zero attached hydrogens (tertiary/aromatic N) is 4. The van der Waals surface area contributed by atoms with Crippen LogP contribution < -0.4 is 11.1 Å². The van der Waals surface area contributed by atoms with Crippen molar-refractivity contribution in [3.05, 3.63) is 42.4 Å². The van der Waals surface area contributed by atoms with Crippen LogP contribution in [0.1, 0.15) is 24.5 Å². The Balaban J connectivity index is 1.63. The number of amides is 1. The molecule has 0 unspecified atom stereocenters. The van der Waals surface area contributed by atoms with E-state index in [-0.39, 0.29) is 5.91 Å². The number of anilines is 2. The van der Waals surface area contributed by atoms with E-state index in [1.807, 2.05) is 24.3 Å². The molecular weight excluding hydrogens is 292 g/mol. The van der Waals surface area contributed by atoms with E-state index in [1.54, 1.807) is 12.4 Å². The van der Waals surface area contributed by atoms with Crippen molar-refractivity contribution < 1.29 is 4.79 Å². The van der Waals surface area contributed by atoms with E-state index in [2.05, 4.69) is 25.2 Å². The second-order valence-corrected chi connectivity index (χ2v) is 5.66. The van der Waals surface area contributed by atoms with Gasteiger partial charge >= 0.3 is 0 Å². The molecule has 1 aliphatic heterocycles. The third-order valence-corrected chi connectivity index (χ3v) is 3.97. The summed E-state index contributed by atoms with van der Waals surface area (Å²) in [6, 6.07) is 7.60. The fraction of sp³-hybridized carbons (Fsp3) is 0.375. The highest BCUT2D eigenvalue weighted by Crippen LogP contribution is 2.27. The number of nitrogens with two attached hydrogens (primary N) is 1. The molecule has 2 aromatic rings. The third kappa shape index (κ3) is 4.23. The first-order chi connectivity index (χ1) is 11.2. The Morgan fingerprint density at radius 1 is 1.22 bits per heavy atom. The first-order valence-corrected chi connectivity index (χ1v) is 7.72. The average Bonchev–Trinajstić information content (AvgIpc) is 2.56. The number of hydrogen-bond acceptors (Lipinski definition) is 6. The molecule has 2 aromatic heterocycles. The molecule has 0 radical (unpaired) electrons. The minimum Gasteiger partial charge on any atom is -0.369 e. The number of nitrogens with one attached hydrogen (secondary N) is 1. The lowest BCUT2D eigenvalue weighted by Gasteiger charge is -2.30. The number of hydrogen-bond donors (Lipinski definition) is 2. The predicted octanol–water partition coefficient (Wildman–Crippen LogP) is 1.28. The smallest absolute Gasteiger partial charge is 0.231 e. The van der Waals surface area contributed by atoms with E-state index in [0.717, 1.165) is 37.4 Å². The van der Waals surface area contributed by atoms with Gasteiger partial charge in [-0.05, 0) is 44.1 Å². The summed E-state index contributed by atoms with van der Waals surface area (Å²) in [4.78, 5) is 26.1. The fourth-order valence-electron chi connectivity index (χ4n) is 2.82. The molecule has 0 aromatic carbocycles. The number of carbonyl (C=O) groups excluding carboxylic acids is 1. The highest BCUT2D eigenvalue weighted by Gasteiger charge is 2.22. The van der Waals surface area contributed by atoms with Crippen LogP contribution in [0.4, 0.5) is 11.8 Å². The molecule has 0 atom stereocenters. The zero-order valence-electron chi connectivity index (χ0n) is 12.9. The number of pyridine rings is 1. The van der Waals surface area contributed by atoms with Crippen molar-refractivity contribution in [1.82, 2.24) is 19.9 Å². The zero-order valence-corrected chi connectivity index (χ0v) is 12.9. The number of carbonyl (C=O) groups is 1. The summed E-state index contributed by atoms with van der Waals surface area (Å²) in [7, 11) is 0. The van der Waals surface area contributed by atoms with Gasteiger partial charge < -0.3 is 11.1 Å². The van der Waals surface area contributed by atoms with Crippen molar-refractivity contribution in [2.45, 2.75) is 18.8 Å². The molecule has 1 aliphatic rings. The highest BCUT2D eigenvalue weighted by molar-refractivity contribution is 5.75. The Hall–Kier alpha value is -2.54. The van der Waals surface area contributed by atoms with Crippen molar-refractivity contribution in [1.29, 1.82) is 0 Å². The molecule has 0 aliphatic carbocycles. The van der Waals surface area contributed by atoms with E-state index in [1.165, 1.54) is 0 Å². The van der Waals surface area contributed by atoms with E-state index in [0.29, 0.717) is 18.4 Å². The lowest BCUT2D eigenvalue weighted by atomic mass is 9.93. The lowest BCUT2D eigenvalue weighted by Crippen LogP contribution is -2.39. The Bertz CT molecular complexity index is 655. The molecule has 3 N–H and O–H groups in total. The lowest BCUT2D eigenvalue weighted by molar-refractivity contribution is -0.119. The summed E-state index contributed by atoms with van der Waals surface area (Å²) in [6.07, 6.45) is 5.42. The van der Waals surface area contributed by atoms with Crippen LogP contribution in [0, 0.1) is 0 Å². The monoisotopic (exact) mass is 312 g/mol. The summed E-state index contributed by atoms with van der Waals surface area (Å²) in [6.45, 7) is 2.06. The van der Waals surface area contributed by atoms with Crippen LogP contribution in [0.5, 0.6) is 0 Å². The molecule has 3 rings (SSSR count). The summed E-state index contributed by atoms with van der Waals surface area (Å²) in [5.41, 5.74) is 6.27. The first kappa shape index (κ1) is 15.4. The second-order valence-electron chi connectivity index (χ2n) is 5.66. The first-order valence-electron chi connectivity index (χ1n) is 7.72. The van der Waals surface area contributed by atoms with Crippen molar-refractivity contribution in [2.24, 2.45) is 5.73 Å². The molecule has 7 nitrogen and oxygen atoms in total. The molecule has 3 heterocycles. The predicted molar refractivity (Wildman–Crippen MR) is 87.2 cm³/mol. The second kappa shape index (κ2) is 7.15. The van der Waals surface area contributed by atoms with Crippen LogP contribution in [0.2, 0.25) is 0 Å². The van der Waals surface area contributed by atoms with E-state index in [4.69, 9.17) is 5.73 Å². The average molecular weight is 312 g/mol. The molecule has 120 valence electrons. The van der Waals surface area contributed by atoms with Crippen LogP contribution in [0.15, 0.2) is 36.7 Å². The number of likely N-dealkylation sites (tertiary alicyclic amines) is 1. The molecule has 7 heteroatoms. The number of primary amides is 1. The Morgan fingerprint density at radius 3 is 2.74 bits per heavy atom. The van der Waals surface area contributed by atoms with Crippen molar-refractivity contribution in [3.63, 3.8) is 0 Å². The Labute approximate surface area is 135 Å². The maximum Gasteiger partial charge on any atom is 0.231 e. The maximum absolute atomic E-state index is 11.0. The third-order valence-electron chi connectivity index (χ3n) is 3.97. The molecular formula is C16H20N6O. The van der Waals surface area contributed by atoms with Crippen LogP contribution in [0.3, 0.4) is 0 Å². The maximum atomic E-state index is 11.0. The van der Waals surface area contributed by atoms with Gasteiger partial charge in [-0.1, -0.05) is 6.07 Å². The summed E-state index contributed by atoms with van der Waals surface area (Å²) < 4.78 is 0. The van der Waals surface area contributed by atoms with Crippen LogP contribution in [0.25, 0.3) is 0 Å². The van der Waals surface area contributed by atoms with Crippen LogP contribution in [-0.2, 0) is 4.79 Å². The van der Waals surface area contributed by atoms with Gasteiger partial charge in [-0.2, -0.15) is 0 Å². The molecule has 0 bridgehead atoms. The molecule has 0 spiro atoms. The zero-order chi connectivity index (χ0) is 16.1. The van der Waals surface area contributed by atoms with Gasteiger partial charge in [0.05, 0.1) is 6.54 Å². The van der Waals surface area contributed by atoms with Gasteiger partial charge in [0.1, 0.15) is 5.82 Å². The fourth-order valence-corrected chi connectivity index (χ4v) is 2.82. The molecule has 1 amide bonds. The van der Waals surface area contributed by atoms with E-state index >= 15 is 0 Å². The van der Waals surface area contributed by atoms with E-state index in [9.17, 15) is 4.79 Å². The minimum absolute atomic E-state index is 0.271. The van der Waals surface area contributed by atoms with Gasteiger partial charge in [-0.15, -0.1) is 0 Å². The molecule has 1 fully saturated rings. The van der Waals surface area contributed by atoms with Crippen molar-refractivity contribution in [3.8, 4) is 0 Å². The normalized spacial score (nSPS) is 16.2. The van der Waals surface area contributed by atoms with Gasteiger partial charge in [0.25, 0.3) is 0 Å². The van der Waals surface area contributed by atoms with Gasteiger partial charge in [0, 0.05) is 24.0 Å². The summed E-state index contributed by atoms with van der Waals surface area (Å²) in [5.74, 6) is 1.39. The Kier molecular flexibility index (Phi) is 4.77. The number of aromatic nitrogens is 3. The van der Waals surface area contributed by atoms with Gasteiger partial charge in [-0.25, -0.2) is 15.0 Å². The highest BCUT2D eigenvalue weighted by atomic mass is 16.1. The van der Waals surface area contributed by atoms with Gasteiger partial charge in [0.15, 0.2) is 0 Å². The van der Waals surface area contributed by atoms with Crippen molar-refractivity contribution in [2.75, 3.05) is 25.0 Å². The summed E-state index contributed by atoms with van der Waals surface area (Å²) >= 11 is 0. The standard InChI is InChI=1S/C16H20N6O/c17-14(23)11-22-9-5-12(6-10-22)13-4-8-19-16(20-13)21-15-3-1-2-7-18-15/h1-4,7-8,12H,5-6,9-11H2,(H2,17,23)(H,18,19,20,21). The molecule has 0 saturated carbocycles. The SMILES string of the molecule is NC(=O)CN1CCC(c2ccnc(Nc3ccccn3)n2)CC1. The molecule has 1 saturated heterocycles. The van der Waals surface area contributed by atoms with Crippen LogP contribution >= 0.6 is 0 Å².